The van der Waals surface area contributed by atoms with Crippen molar-refractivity contribution in [1.29, 1.82) is 0 Å². The first-order chi connectivity index (χ1) is 6.16. The molecular formula is C9H5NO3. The Hall–Kier alpha value is -1.97. The molecule has 0 fully saturated rings. The minimum absolute atomic E-state index is 0.144. The predicted octanol–water partition coefficient (Wildman–Crippen LogP) is -0.675. The van der Waals surface area contributed by atoms with Gasteiger partial charge in [0.05, 0.1) is 10.9 Å². The van der Waals surface area contributed by atoms with E-state index >= 15 is 0 Å². The zero-order valence-electron chi connectivity index (χ0n) is 6.52. The molecule has 0 aromatic heterocycles. The van der Waals surface area contributed by atoms with Gasteiger partial charge in [-0.05, 0) is 12.1 Å². The van der Waals surface area contributed by atoms with Gasteiger partial charge in [-0.3, -0.25) is 4.79 Å². The lowest BCUT2D eigenvalue weighted by atomic mass is 10.2. The van der Waals surface area contributed by atoms with Crippen LogP contribution in [0, 0.1) is 0 Å². The van der Waals surface area contributed by atoms with Crippen LogP contribution in [0.1, 0.15) is 10.4 Å². The van der Waals surface area contributed by atoms with Crippen molar-refractivity contribution in [3.8, 4) is 0 Å². The highest BCUT2D eigenvalue weighted by Crippen LogP contribution is 1.93. The fraction of sp³-hybridized carbons (Fsp3) is 0. The van der Waals surface area contributed by atoms with Crippen molar-refractivity contribution in [2.24, 2.45) is 4.99 Å². The predicted molar refractivity (Wildman–Crippen MR) is 43.7 cm³/mol. The molecule has 4 nitrogen and oxygen atoms in total. The first-order valence-corrected chi connectivity index (χ1v) is 3.64. The van der Waals surface area contributed by atoms with Gasteiger partial charge in [0.2, 0.25) is 0 Å². The monoisotopic (exact) mass is 175 g/mol. The molecule has 1 N–H and O–H groups in total. The van der Waals surface area contributed by atoms with Crippen LogP contribution in [0.15, 0.2) is 23.2 Å². The molecule has 0 unspecified atom stereocenters. The highest BCUT2D eigenvalue weighted by molar-refractivity contribution is 6.06. The van der Waals surface area contributed by atoms with Gasteiger partial charge in [-0.25, -0.2) is 9.79 Å². The van der Waals surface area contributed by atoms with Crippen molar-refractivity contribution in [1.82, 2.24) is 0 Å². The van der Waals surface area contributed by atoms with E-state index in [0.717, 1.165) is 0 Å². The second-order valence-corrected chi connectivity index (χ2v) is 2.67. The van der Waals surface area contributed by atoms with E-state index in [1.807, 2.05) is 0 Å². The summed E-state index contributed by atoms with van der Waals surface area (Å²) in [6.07, 6.45) is 1.38. The summed E-state index contributed by atoms with van der Waals surface area (Å²) in [4.78, 5) is 25.0. The first kappa shape index (κ1) is 7.67. The first-order valence-electron chi connectivity index (χ1n) is 3.64. The third kappa shape index (κ3) is 1.22. The van der Waals surface area contributed by atoms with Crippen molar-refractivity contribution < 1.29 is 14.7 Å². The van der Waals surface area contributed by atoms with Gasteiger partial charge >= 0.3 is 5.97 Å². The van der Waals surface area contributed by atoms with Gasteiger partial charge in [0.15, 0.2) is 0 Å². The standard InChI is InChI=1S/C9H5NO3/c11-8-4-5-1-2-6(9(12)13)3-7(5)10-8/h1-4H,(H,12,13). The number of carbonyl (C=O) groups excluding carboxylic acids is 1. The van der Waals surface area contributed by atoms with Crippen molar-refractivity contribution in [2.45, 2.75) is 0 Å². The molecule has 4 heteroatoms. The number of hydrogen-bond acceptors (Lipinski definition) is 2. The smallest absolute Gasteiger partial charge is 0.335 e. The number of fused-ring (bicyclic) bond motifs is 1. The van der Waals surface area contributed by atoms with E-state index in [2.05, 4.69) is 4.99 Å². The number of hydrogen-bond donors (Lipinski definition) is 1. The van der Waals surface area contributed by atoms with Crippen LogP contribution in [0.25, 0.3) is 6.08 Å². The summed E-state index contributed by atoms with van der Waals surface area (Å²) in [7, 11) is 0. The van der Waals surface area contributed by atoms with Crippen LogP contribution in [0.5, 0.6) is 0 Å². The Morgan fingerprint density at radius 1 is 1.38 bits per heavy atom. The largest absolute Gasteiger partial charge is 0.478 e. The molecule has 1 heterocycles. The van der Waals surface area contributed by atoms with Crippen molar-refractivity contribution in [2.75, 3.05) is 0 Å². The number of amides is 1. The molecule has 0 spiro atoms. The SMILES string of the molecule is O=C1C=c2ccc(C(=O)O)cc2=N1. The van der Waals surface area contributed by atoms with Crippen LogP contribution in [0.3, 0.4) is 0 Å². The summed E-state index contributed by atoms with van der Waals surface area (Å²) in [5, 5.41) is 9.76. The molecule has 1 aliphatic heterocycles. The Labute approximate surface area is 72.8 Å². The minimum Gasteiger partial charge on any atom is -0.478 e. The quantitative estimate of drug-likeness (QED) is 0.615. The van der Waals surface area contributed by atoms with Gasteiger partial charge in [0, 0.05) is 11.3 Å². The number of carboxylic acid groups (broad SMARTS) is 1. The zero-order valence-corrected chi connectivity index (χ0v) is 6.52. The van der Waals surface area contributed by atoms with E-state index < -0.39 is 5.97 Å². The molecule has 1 amide bonds. The summed E-state index contributed by atoms with van der Waals surface area (Å²) in [5.74, 6) is -1.35. The Morgan fingerprint density at radius 2 is 2.15 bits per heavy atom. The van der Waals surface area contributed by atoms with Crippen LogP contribution >= 0.6 is 0 Å². The van der Waals surface area contributed by atoms with Gasteiger partial charge in [-0.2, -0.15) is 0 Å². The third-order valence-electron chi connectivity index (χ3n) is 1.79. The topological polar surface area (TPSA) is 66.7 Å². The van der Waals surface area contributed by atoms with Gasteiger partial charge < -0.3 is 5.11 Å². The van der Waals surface area contributed by atoms with Crippen LogP contribution in [0.2, 0.25) is 0 Å². The summed E-state index contributed by atoms with van der Waals surface area (Å²) < 4.78 is 0. The van der Waals surface area contributed by atoms with E-state index in [9.17, 15) is 9.59 Å². The van der Waals surface area contributed by atoms with Gasteiger partial charge in [-0.1, -0.05) is 6.07 Å². The molecule has 1 aromatic rings. The molecule has 0 aliphatic carbocycles. The molecule has 0 saturated heterocycles. The lowest BCUT2D eigenvalue weighted by Gasteiger charge is -1.90. The number of aromatic carboxylic acids is 1. The molecule has 0 saturated carbocycles. The van der Waals surface area contributed by atoms with Gasteiger partial charge in [0.1, 0.15) is 0 Å². The Balaban J connectivity index is 2.73. The normalized spacial score (nSPS) is 13.1. The Bertz CT molecular complexity index is 516. The molecule has 0 atom stereocenters. The van der Waals surface area contributed by atoms with Crippen LogP contribution in [-0.2, 0) is 4.79 Å². The van der Waals surface area contributed by atoms with E-state index in [1.165, 1.54) is 18.2 Å². The number of rotatable bonds is 1. The lowest BCUT2D eigenvalue weighted by Crippen LogP contribution is -2.22. The molecule has 0 radical (unpaired) electrons. The molecule has 64 valence electrons. The maximum absolute atomic E-state index is 10.8. The van der Waals surface area contributed by atoms with E-state index in [1.54, 1.807) is 6.07 Å². The molecule has 2 rings (SSSR count). The minimum atomic E-state index is -1.02. The average molecular weight is 175 g/mol. The number of carbonyl (C=O) groups is 2. The average Bonchev–Trinajstić information content (AvgIpc) is 2.42. The summed E-state index contributed by atoms with van der Waals surface area (Å²) >= 11 is 0. The molecule has 1 aliphatic rings. The summed E-state index contributed by atoms with van der Waals surface area (Å²) in [6.45, 7) is 0. The Morgan fingerprint density at radius 3 is 2.85 bits per heavy atom. The second-order valence-electron chi connectivity index (χ2n) is 2.67. The van der Waals surface area contributed by atoms with Crippen LogP contribution in [-0.4, -0.2) is 17.0 Å². The summed E-state index contributed by atoms with van der Waals surface area (Å²) in [6, 6.07) is 4.41. The van der Waals surface area contributed by atoms with Crippen molar-refractivity contribution in [3.63, 3.8) is 0 Å². The van der Waals surface area contributed by atoms with E-state index in [4.69, 9.17) is 5.11 Å². The fourth-order valence-corrected chi connectivity index (χ4v) is 1.18. The highest BCUT2D eigenvalue weighted by Gasteiger charge is 2.06. The number of carboxylic acids is 1. The Kier molecular flexibility index (Phi) is 1.48. The van der Waals surface area contributed by atoms with E-state index in [-0.39, 0.29) is 11.5 Å². The van der Waals surface area contributed by atoms with Gasteiger partial charge in [0.25, 0.3) is 5.91 Å². The second kappa shape index (κ2) is 2.52. The van der Waals surface area contributed by atoms with Crippen molar-refractivity contribution in [3.05, 3.63) is 34.3 Å². The van der Waals surface area contributed by atoms with Crippen molar-refractivity contribution >= 4 is 18.0 Å². The number of benzene rings is 1. The third-order valence-corrected chi connectivity index (χ3v) is 1.79. The van der Waals surface area contributed by atoms with Crippen LogP contribution in [0.4, 0.5) is 0 Å². The maximum Gasteiger partial charge on any atom is 0.335 e. The van der Waals surface area contributed by atoms with E-state index in [0.29, 0.717) is 10.6 Å². The number of nitrogens with zero attached hydrogens (tertiary/aromatic N) is 1. The highest BCUT2D eigenvalue weighted by atomic mass is 16.4. The van der Waals surface area contributed by atoms with Gasteiger partial charge in [-0.15, -0.1) is 0 Å². The van der Waals surface area contributed by atoms with Crippen LogP contribution < -0.4 is 10.6 Å². The molecule has 13 heavy (non-hydrogen) atoms. The lowest BCUT2D eigenvalue weighted by molar-refractivity contribution is -0.112. The maximum atomic E-state index is 10.8. The molecule has 0 bridgehead atoms. The fourth-order valence-electron chi connectivity index (χ4n) is 1.18. The molecule has 1 aromatic carbocycles. The molecular weight excluding hydrogens is 170 g/mol. The zero-order chi connectivity index (χ0) is 9.42. The summed E-state index contributed by atoms with van der Waals surface area (Å²) in [5.41, 5.74) is 0.144.